The topological polar surface area (TPSA) is 104 Å². The van der Waals surface area contributed by atoms with E-state index < -0.39 is 16.8 Å². The van der Waals surface area contributed by atoms with E-state index in [1.807, 2.05) is 4.90 Å². The molecule has 2 unspecified atom stereocenters. The Morgan fingerprint density at radius 2 is 2.04 bits per heavy atom. The number of nitrogens with zero attached hydrogens (tertiary/aromatic N) is 3. The minimum atomic E-state index is -0.825. The van der Waals surface area contributed by atoms with Gasteiger partial charge in [0.1, 0.15) is 0 Å². The number of hydrogen-bond acceptors (Lipinski definition) is 5. The van der Waals surface area contributed by atoms with Gasteiger partial charge in [0.05, 0.1) is 22.6 Å². The van der Waals surface area contributed by atoms with E-state index in [4.69, 9.17) is 5.11 Å². The van der Waals surface area contributed by atoms with Gasteiger partial charge in [-0.15, -0.1) is 12.4 Å². The van der Waals surface area contributed by atoms with Crippen LogP contribution < -0.4 is 4.90 Å². The fraction of sp³-hybridized carbons (Fsp3) is 0.467. The molecule has 24 heavy (non-hydrogen) atoms. The minimum Gasteiger partial charge on any atom is -0.481 e. The molecule has 2 atom stereocenters. The maximum atomic E-state index is 12.6. The number of carbonyl (C=O) groups is 2. The fourth-order valence-corrected chi connectivity index (χ4v) is 3.31. The lowest BCUT2D eigenvalue weighted by atomic mass is 10.1. The van der Waals surface area contributed by atoms with Gasteiger partial charge in [0.2, 0.25) is 5.91 Å². The van der Waals surface area contributed by atoms with E-state index in [2.05, 4.69) is 0 Å². The van der Waals surface area contributed by atoms with Gasteiger partial charge in [-0.25, -0.2) is 0 Å². The van der Waals surface area contributed by atoms with Gasteiger partial charge in [0.25, 0.3) is 5.69 Å². The van der Waals surface area contributed by atoms with Crippen molar-refractivity contribution in [3.63, 3.8) is 0 Å². The second kappa shape index (κ2) is 7.14. The molecule has 0 spiro atoms. The molecule has 2 saturated heterocycles. The van der Waals surface area contributed by atoms with Crippen molar-refractivity contribution in [2.75, 3.05) is 24.5 Å². The molecule has 3 rings (SSSR count). The van der Waals surface area contributed by atoms with Crippen LogP contribution in [-0.2, 0) is 9.59 Å². The molecule has 1 aromatic rings. The standard InChI is InChI=1S/C15H17N3O5.ClH/c19-14-13(16-6-4-10(9-16)15(20)21)5-7-17(14)11-2-1-3-12(8-11)18(22)23;/h1-3,8,10,13H,4-7,9H2,(H,20,21);1H. The van der Waals surface area contributed by atoms with Crippen molar-refractivity contribution in [3.8, 4) is 0 Å². The van der Waals surface area contributed by atoms with Crippen LogP contribution >= 0.6 is 12.4 Å². The van der Waals surface area contributed by atoms with E-state index >= 15 is 0 Å². The molecule has 2 heterocycles. The highest BCUT2D eigenvalue weighted by Gasteiger charge is 2.41. The molecule has 1 aromatic carbocycles. The van der Waals surface area contributed by atoms with Gasteiger partial charge in [0.15, 0.2) is 0 Å². The van der Waals surface area contributed by atoms with Crippen molar-refractivity contribution in [1.29, 1.82) is 0 Å². The van der Waals surface area contributed by atoms with Gasteiger partial charge in [0, 0.05) is 25.2 Å². The monoisotopic (exact) mass is 355 g/mol. The molecule has 130 valence electrons. The maximum absolute atomic E-state index is 12.6. The van der Waals surface area contributed by atoms with E-state index in [0.29, 0.717) is 38.2 Å². The van der Waals surface area contributed by atoms with Gasteiger partial charge in [-0.3, -0.25) is 24.6 Å². The van der Waals surface area contributed by atoms with Gasteiger partial charge < -0.3 is 10.0 Å². The van der Waals surface area contributed by atoms with Crippen LogP contribution in [0.3, 0.4) is 0 Å². The number of carboxylic acid groups (broad SMARTS) is 1. The largest absolute Gasteiger partial charge is 0.481 e. The van der Waals surface area contributed by atoms with Crippen LogP contribution in [0.5, 0.6) is 0 Å². The Morgan fingerprint density at radius 3 is 2.67 bits per heavy atom. The normalized spacial score (nSPS) is 24.0. The first-order valence-corrected chi connectivity index (χ1v) is 7.50. The highest BCUT2D eigenvalue weighted by molar-refractivity contribution is 5.99. The van der Waals surface area contributed by atoms with Crippen LogP contribution in [0.4, 0.5) is 11.4 Å². The summed E-state index contributed by atoms with van der Waals surface area (Å²) in [5.74, 6) is -1.36. The molecule has 0 radical (unpaired) electrons. The summed E-state index contributed by atoms with van der Waals surface area (Å²) in [5, 5.41) is 19.9. The Kier molecular flexibility index (Phi) is 5.40. The van der Waals surface area contributed by atoms with E-state index in [1.54, 1.807) is 17.0 Å². The summed E-state index contributed by atoms with van der Waals surface area (Å²) in [7, 11) is 0. The zero-order valence-corrected chi connectivity index (χ0v) is 13.6. The number of carbonyl (C=O) groups excluding carboxylic acids is 1. The Bertz CT molecular complexity index is 668. The lowest BCUT2D eigenvalue weighted by Crippen LogP contribution is -2.41. The Labute approximate surface area is 144 Å². The van der Waals surface area contributed by atoms with Gasteiger partial charge in [-0.05, 0) is 25.5 Å². The molecule has 0 bridgehead atoms. The van der Waals surface area contributed by atoms with Crippen molar-refractivity contribution in [2.24, 2.45) is 5.92 Å². The fourth-order valence-electron chi connectivity index (χ4n) is 3.31. The molecular weight excluding hydrogens is 338 g/mol. The summed E-state index contributed by atoms with van der Waals surface area (Å²) in [6, 6.07) is 5.68. The molecule has 1 amide bonds. The van der Waals surface area contributed by atoms with E-state index in [-0.39, 0.29) is 30.0 Å². The number of rotatable bonds is 4. The molecule has 2 aliphatic rings. The first kappa shape index (κ1) is 18.2. The number of aliphatic carboxylic acids is 1. The quantitative estimate of drug-likeness (QED) is 0.648. The maximum Gasteiger partial charge on any atom is 0.307 e. The number of anilines is 1. The summed E-state index contributed by atoms with van der Waals surface area (Å²) in [6.07, 6.45) is 1.16. The number of carboxylic acids is 1. The first-order chi connectivity index (χ1) is 11.0. The number of nitro groups is 1. The average Bonchev–Trinajstić information content (AvgIpc) is 3.14. The molecule has 8 nitrogen and oxygen atoms in total. The van der Waals surface area contributed by atoms with Gasteiger partial charge in [-0.2, -0.15) is 0 Å². The Hall–Kier alpha value is -2.19. The van der Waals surface area contributed by atoms with Crippen LogP contribution in [0, 0.1) is 16.0 Å². The van der Waals surface area contributed by atoms with Crippen LogP contribution in [0.25, 0.3) is 0 Å². The number of likely N-dealkylation sites (tertiary alicyclic amines) is 1. The zero-order valence-electron chi connectivity index (χ0n) is 12.8. The van der Waals surface area contributed by atoms with Gasteiger partial charge >= 0.3 is 5.97 Å². The minimum absolute atomic E-state index is 0. The van der Waals surface area contributed by atoms with Crippen molar-refractivity contribution in [1.82, 2.24) is 4.90 Å². The number of nitro benzene ring substituents is 1. The summed E-state index contributed by atoms with van der Waals surface area (Å²) < 4.78 is 0. The van der Waals surface area contributed by atoms with Crippen LogP contribution in [0.15, 0.2) is 24.3 Å². The molecule has 0 aromatic heterocycles. The van der Waals surface area contributed by atoms with Crippen LogP contribution in [0.1, 0.15) is 12.8 Å². The van der Waals surface area contributed by atoms with Crippen LogP contribution in [0.2, 0.25) is 0 Å². The molecule has 2 aliphatic heterocycles. The third-order valence-electron chi connectivity index (χ3n) is 4.54. The number of benzene rings is 1. The lowest BCUT2D eigenvalue weighted by molar-refractivity contribution is -0.384. The summed E-state index contributed by atoms with van der Waals surface area (Å²) in [5.41, 5.74) is 0.464. The third-order valence-corrected chi connectivity index (χ3v) is 4.54. The third kappa shape index (κ3) is 3.34. The predicted octanol–water partition coefficient (Wildman–Crippen LogP) is 1.53. The highest BCUT2D eigenvalue weighted by atomic mass is 35.5. The first-order valence-electron chi connectivity index (χ1n) is 7.50. The second-order valence-electron chi connectivity index (χ2n) is 5.89. The Morgan fingerprint density at radius 1 is 1.29 bits per heavy atom. The number of non-ortho nitro benzene ring substituents is 1. The highest BCUT2D eigenvalue weighted by Crippen LogP contribution is 2.29. The summed E-state index contributed by atoms with van der Waals surface area (Å²) in [4.78, 5) is 37.5. The second-order valence-corrected chi connectivity index (χ2v) is 5.89. The smallest absolute Gasteiger partial charge is 0.307 e. The predicted molar refractivity (Wildman–Crippen MR) is 88.4 cm³/mol. The van der Waals surface area contributed by atoms with Crippen LogP contribution in [-0.4, -0.2) is 52.5 Å². The molecule has 1 N–H and O–H groups in total. The van der Waals surface area contributed by atoms with Gasteiger partial charge in [-0.1, -0.05) is 6.07 Å². The Balaban J connectivity index is 0.00000208. The number of halogens is 1. The van der Waals surface area contributed by atoms with Crippen molar-refractivity contribution in [3.05, 3.63) is 34.4 Å². The number of hydrogen-bond donors (Lipinski definition) is 1. The molecule has 2 fully saturated rings. The summed E-state index contributed by atoms with van der Waals surface area (Å²) >= 11 is 0. The molecular formula is C15H18ClN3O5. The molecule has 9 heteroatoms. The SMILES string of the molecule is Cl.O=C(O)C1CCN(C2CCN(c3cccc([N+](=O)[O-])c3)C2=O)C1. The summed E-state index contributed by atoms with van der Waals surface area (Å²) in [6.45, 7) is 1.46. The van der Waals surface area contributed by atoms with E-state index in [1.165, 1.54) is 12.1 Å². The van der Waals surface area contributed by atoms with E-state index in [0.717, 1.165) is 0 Å². The average molecular weight is 356 g/mol. The molecule has 0 aliphatic carbocycles. The van der Waals surface area contributed by atoms with E-state index in [9.17, 15) is 19.7 Å². The lowest BCUT2D eigenvalue weighted by Gasteiger charge is -2.23. The zero-order chi connectivity index (χ0) is 16.6. The van der Waals surface area contributed by atoms with Crippen molar-refractivity contribution in [2.45, 2.75) is 18.9 Å². The molecule has 0 saturated carbocycles. The van der Waals surface area contributed by atoms with Crippen molar-refractivity contribution >= 4 is 35.7 Å². The number of amides is 1. The van der Waals surface area contributed by atoms with Crippen molar-refractivity contribution < 1.29 is 19.6 Å².